The Kier molecular flexibility index (Phi) is 1.82. The first-order valence-electron chi connectivity index (χ1n) is 4.69. The molecule has 0 unspecified atom stereocenters. The predicted octanol–water partition coefficient (Wildman–Crippen LogP) is 0.445. The lowest BCUT2D eigenvalue weighted by atomic mass is 10.3. The molecule has 0 saturated heterocycles. The van der Waals surface area contributed by atoms with Crippen LogP contribution < -0.4 is 5.73 Å². The topological polar surface area (TPSA) is 95.7 Å². The smallest absolute Gasteiger partial charge is 0.312 e. The van der Waals surface area contributed by atoms with Gasteiger partial charge in [0.2, 0.25) is 5.89 Å². The predicted molar refractivity (Wildman–Crippen MR) is 55.3 cm³/mol. The van der Waals surface area contributed by atoms with Crippen molar-refractivity contribution in [2.24, 2.45) is 0 Å². The highest BCUT2D eigenvalue weighted by atomic mass is 16.4. The minimum absolute atomic E-state index is 0.0550. The van der Waals surface area contributed by atoms with Crippen molar-refractivity contribution in [1.29, 1.82) is 0 Å². The van der Waals surface area contributed by atoms with Crippen LogP contribution in [-0.2, 0) is 6.54 Å². The highest BCUT2D eigenvalue weighted by Gasteiger charge is 2.08. The van der Waals surface area contributed by atoms with Crippen LogP contribution in [0, 0.1) is 0 Å². The van der Waals surface area contributed by atoms with E-state index in [2.05, 4.69) is 20.5 Å². The van der Waals surface area contributed by atoms with Crippen LogP contribution in [0.3, 0.4) is 0 Å². The molecule has 7 nitrogen and oxygen atoms in total. The zero-order chi connectivity index (χ0) is 11.0. The molecule has 2 N–H and O–H groups in total. The summed E-state index contributed by atoms with van der Waals surface area (Å²) in [7, 11) is 0. The molecule has 0 amide bonds. The summed E-state index contributed by atoms with van der Waals surface area (Å²) in [6, 6.07) is 7.70. The van der Waals surface area contributed by atoms with Gasteiger partial charge in [0, 0.05) is 0 Å². The first-order chi connectivity index (χ1) is 7.83. The van der Waals surface area contributed by atoms with E-state index in [0.717, 1.165) is 11.0 Å². The summed E-state index contributed by atoms with van der Waals surface area (Å²) in [6.45, 7) is 0.366. The van der Waals surface area contributed by atoms with Gasteiger partial charge in [-0.25, -0.2) is 4.68 Å². The summed E-state index contributed by atoms with van der Waals surface area (Å²) >= 11 is 0. The van der Waals surface area contributed by atoms with Crippen molar-refractivity contribution in [3.63, 3.8) is 0 Å². The molecule has 0 radical (unpaired) electrons. The van der Waals surface area contributed by atoms with E-state index in [4.69, 9.17) is 10.2 Å². The van der Waals surface area contributed by atoms with Crippen LogP contribution in [0.15, 0.2) is 28.7 Å². The maximum absolute atomic E-state index is 5.33. The number of nitrogen functional groups attached to an aromatic ring is 1. The Bertz CT molecular complexity index is 628. The van der Waals surface area contributed by atoms with Gasteiger partial charge in [0.15, 0.2) is 0 Å². The summed E-state index contributed by atoms with van der Waals surface area (Å²) in [5, 5.41) is 15.4. The van der Waals surface area contributed by atoms with Crippen LogP contribution >= 0.6 is 0 Å². The number of benzene rings is 1. The molecule has 0 bridgehead atoms. The van der Waals surface area contributed by atoms with Gasteiger partial charge < -0.3 is 10.2 Å². The SMILES string of the molecule is Nc1nnc(Cn2nnc3ccccc32)o1. The van der Waals surface area contributed by atoms with Crippen LogP contribution in [0.1, 0.15) is 5.89 Å². The molecule has 0 spiro atoms. The molecule has 0 aliphatic rings. The third kappa shape index (κ3) is 1.38. The molecular weight excluding hydrogens is 208 g/mol. The van der Waals surface area contributed by atoms with Crippen molar-refractivity contribution in [3.8, 4) is 0 Å². The molecule has 2 heterocycles. The van der Waals surface area contributed by atoms with Gasteiger partial charge in [-0.05, 0) is 12.1 Å². The van der Waals surface area contributed by atoms with Crippen LogP contribution in [0.25, 0.3) is 11.0 Å². The summed E-state index contributed by atoms with van der Waals surface area (Å²) in [4.78, 5) is 0. The zero-order valence-electron chi connectivity index (χ0n) is 8.24. The summed E-state index contributed by atoms with van der Waals surface area (Å²) in [5.41, 5.74) is 7.08. The fraction of sp³-hybridized carbons (Fsp3) is 0.111. The van der Waals surface area contributed by atoms with Crippen molar-refractivity contribution in [1.82, 2.24) is 25.2 Å². The minimum atomic E-state index is 0.0550. The van der Waals surface area contributed by atoms with Crippen molar-refractivity contribution >= 4 is 17.0 Å². The second-order valence-corrected chi connectivity index (χ2v) is 3.27. The summed E-state index contributed by atoms with van der Waals surface area (Å²) in [5.74, 6) is 0.410. The van der Waals surface area contributed by atoms with E-state index in [0.29, 0.717) is 12.4 Å². The highest BCUT2D eigenvalue weighted by Crippen LogP contribution is 2.11. The Morgan fingerprint density at radius 1 is 1.19 bits per heavy atom. The van der Waals surface area contributed by atoms with Crippen LogP contribution in [0.5, 0.6) is 0 Å². The van der Waals surface area contributed by atoms with E-state index >= 15 is 0 Å². The van der Waals surface area contributed by atoms with Crippen molar-refractivity contribution in [2.75, 3.05) is 5.73 Å². The van der Waals surface area contributed by atoms with Gasteiger partial charge in [-0.1, -0.05) is 22.4 Å². The molecule has 3 rings (SSSR count). The largest absolute Gasteiger partial charge is 0.406 e. The van der Waals surface area contributed by atoms with Crippen molar-refractivity contribution in [3.05, 3.63) is 30.2 Å². The minimum Gasteiger partial charge on any atom is -0.406 e. The first-order valence-corrected chi connectivity index (χ1v) is 4.69. The molecule has 16 heavy (non-hydrogen) atoms. The summed E-state index contributed by atoms with van der Waals surface area (Å²) < 4.78 is 6.76. The Morgan fingerprint density at radius 3 is 2.88 bits per heavy atom. The molecule has 0 aliphatic heterocycles. The average molecular weight is 216 g/mol. The van der Waals surface area contributed by atoms with E-state index < -0.39 is 0 Å². The lowest BCUT2D eigenvalue weighted by molar-refractivity contribution is 0.477. The number of hydrogen-bond acceptors (Lipinski definition) is 6. The number of fused-ring (bicyclic) bond motifs is 1. The van der Waals surface area contributed by atoms with Gasteiger partial charge in [0.05, 0.1) is 5.52 Å². The Labute approximate surface area is 89.9 Å². The fourth-order valence-corrected chi connectivity index (χ4v) is 1.49. The Hall–Kier alpha value is -2.44. The zero-order valence-corrected chi connectivity index (χ0v) is 8.24. The molecule has 2 aromatic heterocycles. The second kappa shape index (κ2) is 3.30. The number of hydrogen-bond donors (Lipinski definition) is 1. The molecule has 80 valence electrons. The van der Waals surface area contributed by atoms with Gasteiger partial charge in [0.25, 0.3) is 0 Å². The molecule has 3 aromatic rings. The monoisotopic (exact) mass is 216 g/mol. The van der Waals surface area contributed by atoms with Gasteiger partial charge in [-0.15, -0.1) is 10.2 Å². The standard InChI is InChI=1S/C9H8N6O/c10-9-13-12-8(16-9)5-15-7-4-2-1-3-6(7)11-14-15/h1-4H,5H2,(H2,10,13). The number of rotatable bonds is 2. The number of aromatic nitrogens is 5. The molecule has 0 saturated carbocycles. The third-order valence-electron chi connectivity index (χ3n) is 2.19. The van der Waals surface area contributed by atoms with Crippen LogP contribution in [0.2, 0.25) is 0 Å². The Balaban J connectivity index is 2.00. The van der Waals surface area contributed by atoms with E-state index in [1.807, 2.05) is 24.3 Å². The molecule has 0 aliphatic carbocycles. The lowest BCUT2D eigenvalue weighted by Crippen LogP contribution is -2.02. The lowest BCUT2D eigenvalue weighted by Gasteiger charge is -1.96. The number of anilines is 1. The maximum atomic E-state index is 5.33. The van der Waals surface area contributed by atoms with Crippen molar-refractivity contribution < 1.29 is 4.42 Å². The van der Waals surface area contributed by atoms with E-state index in [-0.39, 0.29) is 6.01 Å². The van der Waals surface area contributed by atoms with Crippen LogP contribution in [0.4, 0.5) is 6.01 Å². The van der Waals surface area contributed by atoms with E-state index in [1.54, 1.807) is 4.68 Å². The van der Waals surface area contributed by atoms with E-state index in [9.17, 15) is 0 Å². The van der Waals surface area contributed by atoms with Gasteiger partial charge >= 0.3 is 6.01 Å². The number of para-hydroxylation sites is 1. The van der Waals surface area contributed by atoms with Gasteiger partial charge in [-0.2, -0.15) is 0 Å². The number of nitrogens with two attached hydrogens (primary N) is 1. The average Bonchev–Trinajstić information content (AvgIpc) is 2.87. The quantitative estimate of drug-likeness (QED) is 0.667. The second-order valence-electron chi connectivity index (χ2n) is 3.27. The maximum Gasteiger partial charge on any atom is 0.312 e. The van der Waals surface area contributed by atoms with Gasteiger partial charge in [-0.3, -0.25) is 0 Å². The van der Waals surface area contributed by atoms with Crippen LogP contribution in [-0.4, -0.2) is 25.2 Å². The first kappa shape index (κ1) is 8.84. The molecule has 7 heteroatoms. The fourth-order valence-electron chi connectivity index (χ4n) is 1.49. The third-order valence-corrected chi connectivity index (χ3v) is 2.19. The van der Waals surface area contributed by atoms with E-state index in [1.165, 1.54) is 0 Å². The van der Waals surface area contributed by atoms with Crippen molar-refractivity contribution in [2.45, 2.75) is 6.54 Å². The molecular formula is C9H8N6O. The number of nitrogens with zero attached hydrogens (tertiary/aromatic N) is 5. The molecule has 0 fully saturated rings. The molecule has 0 atom stereocenters. The normalized spacial score (nSPS) is 11.0. The summed E-state index contributed by atoms with van der Waals surface area (Å²) in [6.07, 6.45) is 0. The highest BCUT2D eigenvalue weighted by molar-refractivity contribution is 5.73. The molecule has 1 aromatic carbocycles. The van der Waals surface area contributed by atoms with Gasteiger partial charge in [0.1, 0.15) is 12.1 Å². The Morgan fingerprint density at radius 2 is 2.06 bits per heavy atom.